The number of methoxy groups -OCH3 is 1. The highest BCUT2D eigenvalue weighted by molar-refractivity contribution is 5.95. The molecule has 0 radical (unpaired) electrons. The third-order valence-corrected chi connectivity index (χ3v) is 4.91. The Hall–Kier alpha value is -4.73. The highest BCUT2D eigenvalue weighted by Crippen LogP contribution is 2.27. The second-order valence-corrected chi connectivity index (χ2v) is 7.57. The van der Waals surface area contributed by atoms with Crippen LogP contribution >= 0.6 is 0 Å². The van der Waals surface area contributed by atoms with E-state index in [1.54, 1.807) is 18.2 Å². The van der Waals surface area contributed by atoms with Crippen molar-refractivity contribution in [3.63, 3.8) is 0 Å². The van der Waals surface area contributed by atoms with Gasteiger partial charge in [0.1, 0.15) is 0 Å². The molecule has 0 fully saturated rings. The minimum atomic E-state index is -0.591. The van der Waals surface area contributed by atoms with E-state index >= 15 is 0 Å². The number of hydrogen-bond donors (Lipinski definition) is 2. The van der Waals surface area contributed by atoms with Crippen LogP contribution in [0.15, 0.2) is 65.8 Å². The van der Waals surface area contributed by atoms with Crippen LogP contribution in [0, 0.1) is 24.0 Å². The number of aryl methyl sites for hydroxylation is 2. The number of carbonyl (C=O) groups is 2. The molecule has 2 amide bonds. The van der Waals surface area contributed by atoms with Crippen molar-refractivity contribution in [1.82, 2.24) is 5.43 Å². The van der Waals surface area contributed by atoms with Gasteiger partial charge in [0.05, 0.1) is 18.2 Å². The topological polar surface area (TPSA) is 132 Å². The number of nitro benzene ring substituents is 1. The maximum absolute atomic E-state index is 12.3. The molecule has 2 N–H and O–H groups in total. The molecule has 0 atom stereocenters. The van der Waals surface area contributed by atoms with Gasteiger partial charge in [-0.1, -0.05) is 18.2 Å². The summed E-state index contributed by atoms with van der Waals surface area (Å²) in [5.74, 6) is -0.165. The maximum Gasteiger partial charge on any atom is 0.271 e. The molecule has 0 aliphatic heterocycles. The molecular formula is C25H24N4O6. The molecule has 10 heteroatoms. The Kier molecular flexibility index (Phi) is 8.12. The molecular weight excluding hydrogens is 452 g/mol. The molecule has 0 aromatic heterocycles. The zero-order valence-corrected chi connectivity index (χ0v) is 19.4. The third-order valence-electron chi connectivity index (χ3n) is 4.91. The number of hydrogen-bond acceptors (Lipinski definition) is 7. The summed E-state index contributed by atoms with van der Waals surface area (Å²) in [5, 5.41) is 17.6. The lowest BCUT2D eigenvalue weighted by Gasteiger charge is -2.12. The van der Waals surface area contributed by atoms with Crippen LogP contribution in [0.1, 0.15) is 27.0 Å². The number of non-ortho nitro benzene ring substituents is 1. The first-order chi connectivity index (χ1) is 16.8. The fraction of sp³-hybridized carbons (Fsp3) is 0.160. The summed E-state index contributed by atoms with van der Waals surface area (Å²) in [4.78, 5) is 34.8. The zero-order chi connectivity index (χ0) is 25.4. The van der Waals surface area contributed by atoms with Gasteiger partial charge < -0.3 is 14.8 Å². The molecule has 0 heterocycles. The predicted octanol–water partition coefficient (Wildman–Crippen LogP) is 4.00. The monoisotopic (exact) mass is 476 g/mol. The van der Waals surface area contributed by atoms with E-state index in [4.69, 9.17) is 9.47 Å². The molecule has 3 aromatic rings. The van der Waals surface area contributed by atoms with Crippen molar-refractivity contribution in [3.05, 3.63) is 93.0 Å². The number of ether oxygens (including phenoxy) is 2. The number of rotatable bonds is 9. The van der Waals surface area contributed by atoms with Crippen molar-refractivity contribution in [1.29, 1.82) is 0 Å². The van der Waals surface area contributed by atoms with Crippen LogP contribution < -0.4 is 20.2 Å². The zero-order valence-electron chi connectivity index (χ0n) is 19.4. The van der Waals surface area contributed by atoms with Crippen LogP contribution in [0.2, 0.25) is 0 Å². The maximum atomic E-state index is 12.3. The summed E-state index contributed by atoms with van der Waals surface area (Å²) in [5.41, 5.74) is 5.54. The minimum absolute atomic E-state index is 0.108. The summed E-state index contributed by atoms with van der Waals surface area (Å²) in [7, 11) is 1.46. The number of amides is 2. The highest BCUT2D eigenvalue weighted by Gasteiger charge is 2.12. The number of nitrogens with zero attached hydrogens (tertiary/aromatic N) is 2. The number of nitro groups is 1. The Morgan fingerprint density at radius 3 is 2.60 bits per heavy atom. The first-order valence-corrected chi connectivity index (χ1v) is 10.5. The second-order valence-electron chi connectivity index (χ2n) is 7.57. The lowest BCUT2D eigenvalue weighted by molar-refractivity contribution is -0.384. The molecule has 180 valence electrons. The first kappa shape index (κ1) is 24.9. The molecule has 3 rings (SSSR count). The van der Waals surface area contributed by atoms with Crippen molar-refractivity contribution >= 4 is 29.4 Å². The van der Waals surface area contributed by atoms with E-state index in [1.165, 1.54) is 31.5 Å². The molecule has 0 aliphatic carbocycles. The number of anilines is 1. The van der Waals surface area contributed by atoms with Crippen molar-refractivity contribution in [2.24, 2.45) is 5.10 Å². The summed E-state index contributed by atoms with van der Waals surface area (Å²) >= 11 is 0. The standard InChI is InChI=1S/C25H24N4O6/c1-16-7-8-17(2)21(11-16)27-24(30)15-35-22-10-9-18(12-23(22)34-3)14-26-28-25(31)19-5-4-6-20(13-19)29(32)33/h4-14H,15H2,1-3H3,(H,27,30)(H,28,31)/b26-14+. The second kappa shape index (κ2) is 11.4. The Morgan fingerprint density at radius 2 is 1.86 bits per heavy atom. The summed E-state index contributed by atoms with van der Waals surface area (Å²) < 4.78 is 10.9. The smallest absolute Gasteiger partial charge is 0.271 e. The summed E-state index contributed by atoms with van der Waals surface area (Å²) in [6.07, 6.45) is 1.38. The average Bonchev–Trinajstić information content (AvgIpc) is 2.85. The predicted molar refractivity (Wildman–Crippen MR) is 131 cm³/mol. The van der Waals surface area contributed by atoms with E-state index in [-0.39, 0.29) is 23.8 Å². The van der Waals surface area contributed by atoms with Crippen molar-refractivity contribution in [2.45, 2.75) is 13.8 Å². The molecule has 3 aromatic carbocycles. The Bertz CT molecular complexity index is 1290. The number of benzene rings is 3. The fourth-order valence-corrected chi connectivity index (χ4v) is 3.07. The van der Waals surface area contributed by atoms with Gasteiger partial charge in [0.25, 0.3) is 17.5 Å². The van der Waals surface area contributed by atoms with Gasteiger partial charge in [0, 0.05) is 23.4 Å². The molecule has 35 heavy (non-hydrogen) atoms. The lowest BCUT2D eigenvalue weighted by atomic mass is 10.1. The number of nitrogens with one attached hydrogen (secondary N) is 2. The summed E-state index contributed by atoms with van der Waals surface area (Å²) in [6, 6.07) is 16.0. The van der Waals surface area contributed by atoms with E-state index < -0.39 is 10.8 Å². The Labute approximate surface area is 201 Å². The van der Waals surface area contributed by atoms with Crippen LogP contribution in [-0.2, 0) is 4.79 Å². The molecule has 0 bridgehead atoms. The number of carbonyl (C=O) groups excluding carboxylic acids is 2. The van der Waals surface area contributed by atoms with Crippen molar-refractivity contribution < 1.29 is 24.0 Å². The van der Waals surface area contributed by atoms with Gasteiger partial charge in [-0.2, -0.15) is 5.10 Å². The largest absolute Gasteiger partial charge is 0.493 e. The normalized spacial score (nSPS) is 10.6. The van der Waals surface area contributed by atoms with Gasteiger partial charge in [-0.3, -0.25) is 19.7 Å². The number of hydrazone groups is 1. The average molecular weight is 476 g/mol. The Morgan fingerprint density at radius 1 is 1.06 bits per heavy atom. The minimum Gasteiger partial charge on any atom is -0.493 e. The van der Waals surface area contributed by atoms with E-state index in [9.17, 15) is 19.7 Å². The van der Waals surface area contributed by atoms with Crippen molar-refractivity contribution in [2.75, 3.05) is 19.0 Å². The van der Waals surface area contributed by atoms with Gasteiger partial charge >= 0.3 is 0 Å². The SMILES string of the molecule is COc1cc(/C=N/NC(=O)c2cccc([N+](=O)[O-])c2)ccc1OCC(=O)Nc1cc(C)ccc1C. The van der Waals surface area contributed by atoms with Crippen molar-refractivity contribution in [3.8, 4) is 11.5 Å². The summed E-state index contributed by atoms with van der Waals surface area (Å²) in [6.45, 7) is 3.64. The van der Waals surface area contributed by atoms with Gasteiger partial charge in [-0.05, 0) is 60.9 Å². The molecule has 0 unspecified atom stereocenters. The van der Waals surface area contributed by atoms with Gasteiger partial charge in [-0.25, -0.2) is 5.43 Å². The quantitative estimate of drug-likeness (QED) is 0.273. The highest BCUT2D eigenvalue weighted by atomic mass is 16.6. The molecule has 0 saturated carbocycles. The Balaban J connectivity index is 1.59. The van der Waals surface area contributed by atoms with Gasteiger partial charge in [0.15, 0.2) is 18.1 Å². The van der Waals surface area contributed by atoms with Gasteiger partial charge in [0.2, 0.25) is 0 Å². The fourth-order valence-electron chi connectivity index (χ4n) is 3.07. The van der Waals surface area contributed by atoms with Crippen LogP contribution in [0.5, 0.6) is 11.5 Å². The van der Waals surface area contributed by atoms with E-state index in [2.05, 4.69) is 15.8 Å². The van der Waals surface area contributed by atoms with E-state index in [0.717, 1.165) is 22.9 Å². The third kappa shape index (κ3) is 6.87. The lowest BCUT2D eigenvalue weighted by Crippen LogP contribution is -2.21. The molecule has 0 spiro atoms. The van der Waals surface area contributed by atoms with Crippen LogP contribution in [-0.4, -0.2) is 36.7 Å². The van der Waals surface area contributed by atoms with Crippen LogP contribution in [0.3, 0.4) is 0 Å². The van der Waals surface area contributed by atoms with Crippen LogP contribution in [0.25, 0.3) is 0 Å². The van der Waals surface area contributed by atoms with E-state index in [0.29, 0.717) is 17.1 Å². The van der Waals surface area contributed by atoms with Gasteiger partial charge in [-0.15, -0.1) is 0 Å². The first-order valence-electron chi connectivity index (χ1n) is 10.5. The molecule has 10 nitrogen and oxygen atoms in total. The molecule has 0 aliphatic rings. The van der Waals surface area contributed by atoms with E-state index in [1.807, 2.05) is 32.0 Å². The van der Waals surface area contributed by atoms with Crippen LogP contribution in [0.4, 0.5) is 11.4 Å². The molecule has 0 saturated heterocycles.